The molecule has 1 aliphatic heterocycles. The molecule has 3 nitrogen and oxygen atoms in total. The molecule has 0 amide bonds. The number of hydrogen-bond acceptors (Lipinski definition) is 3. The zero-order valence-corrected chi connectivity index (χ0v) is 12.8. The molecule has 17 heavy (non-hydrogen) atoms. The topological polar surface area (TPSA) is 34.9 Å². The number of hydrogen-bond donors (Lipinski definition) is 0. The second-order valence-corrected chi connectivity index (χ2v) is 7.14. The van der Waals surface area contributed by atoms with Crippen LogP contribution in [0.25, 0.3) is 0 Å². The van der Waals surface area contributed by atoms with Crippen molar-refractivity contribution in [3.63, 3.8) is 0 Å². The molecule has 1 aromatic rings. The van der Waals surface area contributed by atoms with Crippen LogP contribution in [0.15, 0.2) is 4.47 Å². The third kappa shape index (κ3) is 2.45. The van der Waals surface area contributed by atoms with Crippen molar-refractivity contribution in [2.24, 2.45) is 7.05 Å². The largest absolute Gasteiger partial charge is 0.298 e. The fraction of sp³-hybridized carbons (Fsp3) is 0.667. The van der Waals surface area contributed by atoms with Crippen molar-refractivity contribution >= 4 is 33.5 Å². The van der Waals surface area contributed by atoms with Gasteiger partial charge < -0.3 is 0 Å². The van der Waals surface area contributed by atoms with Crippen molar-refractivity contribution in [3.05, 3.63) is 15.9 Å². The van der Waals surface area contributed by atoms with Gasteiger partial charge in [-0.25, -0.2) is 0 Å². The summed E-state index contributed by atoms with van der Waals surface area (Å²) in [5.74, 6) is 1.43. The lowest BCUT2D eigenvalue weighted by Crippen LogP contribution is -2.30. The van der Waals surface area contributed by atoms with Crippen molar-refractivity contribution in [3.8, 4) is 0 Å². The van der Waals surface area contributed by atoms with Gasteiger partial charge in [0, 0.05) is 7.05 Å². The van der Waals surface area contributed by atoms with E-state index >= 15 is 0 Å². The van der Waals surface area contributed by atoms with E-state index in [9.17, 15) is 4.79 Å². The fourth-order valence-electron chi connectivity index (χ4n) is 2.21. The summed E-state index contributed by atoms with van der Waals surface area (Å²) < 4.78 is 2.60. The summed E-state index contributed by atoms with van der Waals surface area (Å²) in [6, 6.07) is 0. The van der Waals surface area contributed by atoms with Gasteiger partial charge in [-0.05, 0) is 48.4 Å². The molecule has 0 bridgehead atoms. The standard InChI is InChI=1S/C12H17BrN2OS/c1-8-11(13)9(15(3)14-8)7-10(16)12(2)5-4-6-17-12/h4-7H2,1-3H3. The number of nitrogens with zero attached hydrogens (tertiary/aromatic N) is 2. The molecule has 0 saturated carbocycles. The van der Waals surface area contributed by atoms with E-state index in [1.165, 1.54) is 0 Å². The Morgan fingerprint density at radius 1 is 1.65 bits per heavy atom. The first-order valence-electron chi connectivity index (χ1n) is 5.79. The summed E-state index contributed by atoms with van der Waals surface area (Å²) in [5, 5.41) is 4.32. The van der Waals surface area contributed by atoms with Crippen LogP contribution in [0.1, 0.15) is 31.2 Å². The van der Waals surface area contributed by atoms with E-state index in [0.29, 0.717) is 12.2 Å². The molecule has 1 saturated heterocycles. The normalized spacial score (nSPS) is 24.2. The third-order valence-electron chi connectivity index (χ3n) is 3.40. The number of carbonyl (C=O) groups excluding carboxylic acids is 1. The molecule has 0 N–H and O–H groups in total. The van der Waals surface area contributed by atoms with E-state index in [1.54, 1.807) is 16.4 Å². The Kier molecular flexibility index (Phi) is 3.69. The van der Waals surface area contributed by atoms with Crippen LogP contribution < -0.4 is 0 Å². The van der Waals surface area contributed by atoms with Gasteiger partial charge in [-0.15, -0.1) is 11.8 Å². The molecule has 2 rings (SSSR count). The van der Waals surface area contributed by atoms with E-state index < -0.39 is 0 Å². The molecule has 1 aliphatic rings. The predicted molar refractivity (Wildman–Crippen MR) is 74.5 cm³/mol. The van der Waals surface area contributed by atoms with E-state index in [-0.39, 0.29) is 4.75 Å². The maximum absolute atomic E-state index is 12.4. The van der Waals surface area contributed by atoms with Crippen LogP contribution in [0.5, 0.6) is 0 Å². The summed E-state index contributed by atoms with van der Waals surface area (Å²) in [7, 11) is 1.89. The first kappa shape index (κ1) is 13.1. The quantitative estimate of drug-likeness (QED) is 0.860. The molecule has 0 radical (unpaired) electrons. The maximum Gasteiger partial charge on any atom is 0.154 e. The average molecular weight is 317 g/mol. The van der Waals surface area contributed by atoms with Gasteiger partial charge in [-0.3, -0.25) is 9.48 Å². The van der Waals surface area contributed by atoms with Gasteiger partial charge in [-0.2, -0.15) is 5.10 Å². The summed E-state index contributed by atoms with van der Waals surface area (Å²) in [5.41, 5.74) is 1.93. The van der Waals surface area contributed by atoms with Crippen LogP contribution in [0.3, 0.4) is 0 Å². The van der Waals surface area contributed by atoms with Crippen molar-refractivity contribution < 1.29 is 4.79 Å². The number of thioether (sulfide) groups is 1. The van der Waals surface area contributed by atoms with Crippen LogP contribution in [0.4, 0.5) is 0 Å². The highest BCUT2D eigenvalue weighted by atomic mass is 79.9. The molecular weight excluding hydrogens is 300 g/mol. The maximum atomic E-state index is 12.4. The van der Waals surface area contributed by atoms with Crippen molar-refractivity contribution in [1.82, 2.24) is 9.78 Å². The van der Waals surface area contributed by atoms with E-state index in [4.69, 9.17) is 0 Å². The lowest BCUT2D eigenvalue weighted by atomic mass is 9.97. The molecule has 2 heterocycles. The highest BCUT2D eigenvalue weighted by Crippen LogP contribution is 2.39. The lowest BCUT2D eigenvalue weighted by Gasteiger charge is -2.20. The minimum Gasteiger partial charge on any atom is -0.298 e. The number of halogens is 1. The lowest BCUT2D eigenvalue weighted by molar-refractivity contribution is -0.120. The van der Waals surface area contributed by atoms with Crippen LogP contribution in [0, 0.1) is 6.92 Å². The summed E-state index contributed by atoms with van der Waals surface area (Å²) in [6.45, 7) is 4.02. The van der Waals surface area contributed by atoms with Gasteiger partial charge in [0.1, 0.15) is 0 Å². The Morgan fingerprint density at radius 2 is 2.35 bits per heavy atom. The molecule has 0 aromatic carbocycles. The summed E-state index contributed by atoms with van der Waals surface area (Å²) in [4.78, 5) is 12.4. The van der Waals surface area contributed by atoms with Crippen molar-refractivity contribution in [2.75, 3.05) is 5.75 Å². The third-order valence-corrected chi connectivity index (χ3v) is 5.99. The Balaban J connectivity index is 2.18. The Bertz CT molecular complexity index is 450. The van der Waals surface area contributed by atoms with Gasteiger partial charge in [0.25, 0.3) is 0 Å². The van der Waals surface area contributed by atoms with Crippen molar-refractivity contribution in [2.45, 2.75) is 37.9 Å². The molecule has 1 unspecified atom stereocenters. The van der Waals surface area contributed by atoms with E-state index in [2.05, 4.69) is 28.0 Å². The number of aryl methyl sites for hydroxylation is 2. The smallest absolute Gasteiger partial charge is 0.154 e. The highest BCUT2D eigenvalue weighted by molar-refractivity contribution is 9.10. The summed E-state index contributed by atoms with van der Waals surface area (Å²) >= 11 is 5.31. The Morgan fingerprint density at radius 3 is 2.82 bits per heavy atom. The molecule has 5 heteroatoms. The summed E-state index contributed by atoms with van der Waals surface area (Å²) in [6.07, 6.45) is 2.63. The molecule has 94 valence electrons. The number of aromatic nitrogens is 2. The fourth-order valence-corrected chi connectivity index (χ4v) is 3.95. The molecule has 1 aromatic heterocycles. The first-order chi connectivity index (χ1) is 7.94. The number of rotatable bonds is 3. The van der Waals surface area contributed by atoms with E-state index in [1.807, 2.05) is 14.0 Å². The first-order valence-corrected chi connectivity index (χ1v) is 7.57. The van der Waals surface area contributed by atoms with Crippen LogP contribution in [-0.4, -0.2) is 26.1 Å². The van der Waals surface area contributed by atoms with Gasteiger partial charge in [0.15, 0.2) is 5.78 Å². The number of Topliss-reactive ketones (excluding diaryl/α,β-unsaturated/α-hetero) is 1. The van der Waals surface area contributed by atoms with Gasteiger partial charge >= 0.3 is 0 Å². The van der Waals surface area contributed by atoms with Crippen LogP contribution in [-0.2, 0) is 18.3 Å². The van der Waals surface area contributed by atoms with Crippen LogP contribution >= 0.6 is 27.7 Å². The monoisotopic (exact) mass is 316 g/mol. The molecule has 1 atom stereocenters. The molecule has 0 spiro atoms. The zero-order valence-electron chi connectivity index (χ0n) is 10.4. The molecule has 0 aliphatic carbocycles. The second kappa shape index (κ2) is 4.76. The second-order valence-electron chi connectivity index (χ2n) is 4.75. The Hall–Kier alpha value is -0.290. The zero-order chi connectivity index (χ0) is 12.6. The minimum atomic E-state index is -0.183. The molecular formula is C12H17BrN2OS. The van der Waals surface area contributed by atoms with Crippen LogP contribution in [0.2, 0.25) is 0 Å². The van der Waals surface area contributed by atoms with Gasteiger partial charge in [-0.1, -0.05) is 0 Å². The van der Waals surface area contributed by atoms with E-state index in [0.717, 1.165) is 34.5 Å². The molecule has 1 fully saturated rings. The van der Waals surface area contributed by atoms with Gasteiger partial charge in [0.05, 0.1) is 27.0 Å². The Labute approximate surface area is 114 Å². The average Bonchev–Trinajstić information content (AvgIpc) is 2.80. The number of ketones is 1. The highest BCUT2D eigenvalue weighted by Gasteiger charge is 2.37. The number of carbonyl (C=O) groups is 1. The minimum absolute atomic E-state index is 0.183. The van der Waals surface area contributed by atoms with Gasteiger partial charge in [0.2, 0.25) is 0 Å². The van der Waals surface area contributed by atoms with Crippen molar-refractivity contribution in [1.29, 1.82) is 0 Å². The predicted octanol–water partition coefficient (Wildman–Crippen LogP) is 2.89. The SMILES string of the molecule is Cc1nn(C)c(CC(=O)C2(C)CCCS2)c1Br.